The summed E-state index contributed by atoms with van der Waals surface area (Å²) in [5, 5.41) is 2.93. The van der Waals surface area contributed by atoms with Crippen LogP contribution in [0.25, 0.3) is 0 Å². The fourth-order valence-electron chi connectivity index (χ4n) is 1.67. The van der Waals surface area contributed by atoms with Crippen LogP contribution in [-0.2, 0) is 0 Å². The summed E-state index contributed by atoms with van der Waals surface area (Å²) in [5.41, 5.74) is 6.16. The Hall–Kier alpha value is -2.27. The number of hydrogen-bond donors (Lipinski definition) is 2. The third-order valence-electron chi connectivity index (χ3n) is 2.60. The van der Waals surface area contributed by atoms with Crippen molar-refractivity contribution in [2.24, 2.45) is 0 Å². The number of anilines is 2. The number of amides is 1. The monoisotopic (exact) mass is 294 g/mol. The van der Waals surface area contributed by atoms with Crippen LogP contribution in [0.5, 0.6) is 5.75 Å². The van der Waals surface area contributed by atoms with Crippen molar-refractivity contribution in [3.05, 3.63) is 52.8 Å². The number of benzene rings is 2. The summed E-state index contributed by atoms with van der Waals surface area (Å²) in [5.74, 6) is -0.540. The molecule has 0 unspecified atom stereocenters. The Bertz CT molecular complexity index is 641. The summed E-state index contributed by atoms with van der Waals surface area (Å²) in [6.07, 6.45) is 0. The maximum absolute atomic E-state index is 13.2. The second kappa shape index (κ2) is 5.79. The van der Waals surface area contributed by atoms with E-state index in [1.807, 2.05) is 0 Å². The summed E-state index contributed by atoms with van der Waals surface area (Å²) < 4.78 is 18.3. The predicted molar refractivity (Wildman–Crippen MR) is 76.8 cm³/mol. The predicted octanol–water partition coefficient (Wildman–Crippen LogP) is 3.32. The number of carbonyl (C=O) groups excluding carboxylic acids is 1. The smallest absolute Gasteiger partial charge is 0.255 e. The average Bonchev–Trinajstić information content (AvgIpc) is 2.40. The van der Waals surface area contributed by atoms with Crippen molar-refractivity contribution in [2.45, 2.75) is 0 Å². The van der Waals surface area contributed by atoms with E-state index in [4.69, 9.17) is 22.1 Å². The first-order chi connectivity index (χ1) is 9.49. The van der Waals surface area contributed by atoms with Gasteiger partial charge in [-0.05, 0) is 30.3 Å². The van der Waals surface area contributed by atoms with E-state index in [1.54, 1.807) is 18.2 Å². The molecule has 0 saturated heterocycles. The lowest BCUT2D eigenvalue weighted by Gasteiger charge is -2.09. The van der Waals surface area contributed by atoms with Crippen LogP contribution in [0.4, 0.5) is 15.8 Å². The van der Waals surface area contributed by atoms with Gasteiger partial charge in [-0.25, -0.2) is 4.39 Å². The van der Waals surface area contributed by atoms with Gasteiger partial charge in [0.25, 0.3) is 5.91 Å². The molecule has 0 aliphatic rings. The Morgan fingerprint density at radius 2 is 2.05 bits per heavy atom. The first-order valence-corrected chi connectivity index (χ1v) is 6.08. The molecule has 0 atom stereocenters. The minimum Gasteiger partial charge on any atom is -0.497 e. The number of carbonyl (C=O) groups is 1. The maximum Gasteiger partial charge on any atom is 0.255 e. The van der Waals surface area contributed by atoms with E-state index in [0.29, 0.717) is 16.5 Å². The molecular formula is C14H12ClFN2O2. The number of nitrogens with two attached hydrogens (primary N) is 1. The zero-order valence-electron chi connectivity index (χ0n) is 10.6. The van der Waals surface area contributed by atoms with Gasteiger partial charge in [0.05, 0.1) is 17.8 Å². The van der Waals surface area contributed by atoms with Crippen LogP contribution in [0.3, 0.4) is 0 Å². The Balaban J connectivity index is 2.27. The topological polar surface area (TPSA) is 64.3 Å². The number of nitrogen functional groups attached to an aromatic ring is 1. The largest absolute Gasteiger partial charge is 0.497 e. The highest BCUT2D eigenvalue weighted by Gasteiger charge is 2.11. The molecule has 0 radical (unpaired) electrons. The molecule has 3 N–H and O–H groups in total. The Morgan fingerprint density at radius 3 is 2.70 bits per heavy atom. The molecular weight excluding hydrogens is 283 g/mol. The minimum atomic E-state index is -0.577. The van der Waals surface area contributed by atoms with Gasteiger partial charge in [0.2, 0.25) is 0 Å². The molecule has 104 valence electrons. The van der Waals surface area contributed by atoms with Gasteiger partial charge < -0.3 is 15.8 Å². The summed E-state index contributed by atoms with van der Waals surface area (Å²) in [6, 6.07) is 8.44. The molecule has 20 heavy (non-hydrogen) atoms. The molecule has 0 fully saturated rings. The van der Waals surface area contributed by atoms with E-state index in [2.05, 4.69) is 5.32 Å². The van der Waals surface area contributed by atoms with Crippen molar-refractivity contribution >= 4 is 28.9 Å². The third-order valence-corrected chi connectivity index (χ3v) is 2.93. The number of methoxy groups -OCH3 is 1. The Kier molecular flexibility index (Phi) is 4.10. The van der Waals surface area contributed by atoms with Crippen LogP contribution in [0.15, 0.2) is 36.4 Å². The molecule has 1 amide bonds. The molecule has 0 aromatic heterocycles. The van der Waals surface area contributed by atoms with E-state index in [1.165, 1.54) is 13.2 Å². The van der Waals surface area contributed by atoms with E-state index >= 15 is 0 Å². The molecule has 0 saturated carbocycles. The van der Waals surface area contributed by atoms with E-state index in [-0.39, 0.29) is 11.3 Å². The van der Waals surface area contributed by atoms with Crippen molar-refractivity contribution < 1.29 is 13.9 Å². The van der Waals surface area contributed by atoms with Gasteiger partial charge >= 0.3 is 0 Å². The number of rotatable bonds is 3. The van der Waals surface area contributed by atoms with Crippen LogP contribution < -0.4 is 15.8 Å². The fraction of sp³-hybridized carbons (Fsp3) is 0.0714. The highest BCUT2D eigenvalue weighted by molar-refractivity contribution is 6.34. The number of nitrogens with one attached hydrogen (secondary N) is 1. The van der Waals surface area contributed by atoms with Crippen LogP contribution in [0.1, 0.15) is 10.4 Å². The maximum atomic E-state index is 13.2. The van der Waals surface area contributed by atoms with Gasteiger partial charge in [-0.2, -0.15) is 0 Å². The molecule has 6 heteroatoms. The van der Waals surface area contributed by atoms with Gasteiger partial charge in [-0.1, -0.05) is 11.6 Å². The second-order valence-corrected chi connectivity index (χ2v) is 4.48. The molecule has 2 aromatic carbocycles. The van der Waals surface area contributed by atoms with Gasteiger partial charge in [-0.15, -0.1) is 0 Å². The third kappa shape index (κ3) is 3.19. The first-order valence-electron chi connectivity index (χ1n) is 5.70. The molecule has 2 rings (SSSR count). The fourth-order valence-corrected chi connectivity index (χ4v) is 1.83. The normalized spacial score (nSPS) is 10.2. The standard InChI is InChI=1S/C14H12ClFN2O2/c1-20-11-2-3-12(15)13(7-11)18-14(19)8-4-9(16)6-10(17)5-8/h2-7H,17H2,1H3,(H,18,19). The lowest BCUT2D eigenvalue weighted by atomic mass is 10.1. The lowest BCUT2D eigenvalue weighted by Crippen LogP contribution is -2.13. The number of halogens is 2. The summed E-state index contributed by atoms with van der Waals surface area (Å²) in [6.45, 7) is 0. The highest BCUT2D eigenvalue weighted by atomic mass is 35.5. The number of hydrogen-bond acceptors (Lipinski definition) is 3. The number of ether oxygens (including phenoxy) is 1. The quantitative estimate of drug-likeness (QED) is 0.854. The van der Waals surface area contributed by atoms with E-state index in [0.717, 1.165) is 12.1 Å². The molecule has 2 aromatic rings. The van der Waals surface area contributed by atoms with Gasteiger partial charge in [0.1, 0.15) is 11.6 Å². The minimum absolute atomic E-state index is 0.112. The van der Waals surface area contributed by atoms with Gasteiger partial charge in [-0.3, -0.25) is 4.79 Å². The molecule has 0 aliphatic carbocycles. The lowest BCUT2D eigenvalue weighted by molar-refractivity contribution is 0.102. The van der Waals surface area contributed by atoms with Gasteiger partial charge in [0, 0.05) is 17.3 Å². The van der Waals surface area contributed by atoms with Gasteiger partial charge in [0.15, 0.2) is 0 Å². The average molecular weight is 295 g/mol. The SMILES string of the molecule is COc1ccc(Cl)c(NC(=O)c2cc(N)cc(F)c2)c1. The summed E-state index contributed by atoms with van der Waals surface area (Å²) in [4.78, 5) is 12.0. The Morgan fingerprint density at radius 1 is 1.30 bits per heavy atom. The molecule has 0 aliphatic heterocycles. The molecule has 4 nitrogen and oxygen atoms in total. The van der Waals surface area contributed by atoms with Crippen molar-refractivity contribution in [1.82, 2.24) is 0 Å². The highest BCUT2D eigenvalue weighted by Crippen LogP contribution is 2.27. The first kappa shape index (κ1) is 14.1. The van der Waals surface area contributed by atoms with Crippen molar-refractivity contribution in [3.63, 3.8) is 0 Å². The van der Waals surface area contributed by atoms with Crippen molar-refractivity contribution in [3.8, 4) is 5.75 Å². The van der Waals surface area contributed by atoms with Crippen LogP contribution in [0, 0.1) is 5.82 Å². The van der Waals surface area contributed by atoms with Crippen LogP contribution >= 0.6 is 11.6 Å². The second-order valence-electron chi connectivity index (χ2n) is 4.07. The summed E-state index contributed by atoms with van der Waals surface area (Å²) in [7, 11) is 1.50. The van der Waals surface area contributed by atoms with E-state index < -0.39 is 11.7 Å². The van der Waals surface area contributed by atoms with Crippen molar-refractivity contribution in [2.75, 3.05) is 18.2 Å². The molecule has 0 spiro atoms. The van der Waals surface area contributed by atoms with Crippen LogP contribution in [0.2, 0.25) is 5.02 Å². The van der Waals surface area contributed by atoms with E-state index in [9.17, 15) is 9.18 Å². The van der Waals surface area contributed by atoms with Crippen molar-refractivity contribution in [1.29, 1.82) is 0 Å². The molecule has 0 heterocycles. The Labute approximate surface area is 120 Å². The summed E-state index contributed by atoms with van der Waals surface area (Å²) >= 11 is 5.98. The van der Waals surface area contributed by atoms with Crippen LogP contribution in [-0.4, -0.2) is 13.0 Å². The zero-order valence-corrected chi connectivity index (χ0v) is 11.4. The zero-order chi connectivity index (χ0) is 14.7. The molecule has 0 bridgehead atoms.